The number of hydrogen-bond donors (Lipinski definition) is 2. The van der Waals surface area contributed by atoms with E-state index in [1.54, 1.807) is 0 Å². The van der Waals surface area contributed by atoms with Gasteiger partial charge in [-0.25, -0.2) is 4.79 Å². The summed E-state index contributed by atoms with van der Waals surface area (Å²) in [7, 11) is 0. The first-order valence-corrected chi connectivity index (χ1v) is 4.47. The number of rotatable bonds is 1. The van der Waals surface area contributed by atoms with Gasteiger partial charge in [0.1, 0.15) is 0 Å². The van der Waals surface area contributed by atoms with Crippen LogP contribution in [-0.2, 0) is 0 Å². The number of amides is 1. The van der Waals surface area contributed by atoms with Crippen LogP contribution < -0.4 is 5.32 Å². The number of carboxylic acid groups (broad SMARTS) is 1. The monoisotopic (exact) mass is 170 g/mol. The number of fused-ring (bicyclic) bond motifs is 3. The normalized spacial score (nSPS) is 39.5. The summed E-state index contributed by atoms with van der Waals surface area (Å²) in [6.07, 6.45) is 1.43. The van der Waals surface area contributed by atoms with Crippen LogP contribution in [0.3, 0.4) is 0 Å². The molecule has 0 radical (unpaired) electrons. The molecule has 3 heterocycles. The Labute approximate surface area is 71.5 Å². The molecule has 0 aromatic heterocycles. The third-order valence-electron chi connectivity index (χ3n) is 2.97. The molecule has 1 atom stereocenters. The number of nitrogens with one attached hydrogen (secondary N) is 1. The summed E-state index contributed by atoms with van der Waals surface area (Å²) in [6.45, 7) is 3.22. The Morgan fingerprint density at radius 3 is 2.50 bits per heavy atom. The number of hydrogen-bond acceptors (Lipinski definition) is 2. The molecule has 0 aliphatic carbocycles. The highest BCUT2D eigenvalue weighted by atomic mass is 16.4. The topological polar surface area (TPSA) is 52.6 Å². The third-order valence-corrected chi connectivity index (χ3v) is 2.97. The summed E-state index contributed by atoms with van der Waals surface area (Å²) in [5, 5.41) is 11.2. The molecule has 3 saturated heterocycles. The molecule has 1 amide bonds. The van der Waals surface area contributed by atoms with Crippen LogP contribution >= 0.6 is 0 Å². The first kappa shape index (κ1) is 7.86. The fraction of sp³-hybridized carbons (Fsp3) is 0.875. The number of carbonyl (C=O) groups is 1. The van der Waals surface area contributed by atoms with Crippen molar-refractivity contribution in [3.8, 4) is 0 Å². The molecule has 12 heavy (non-hydrogen) atoms. The number of piperidine rings is 3. The van der Waals surface area contributed by atoms with Crippen molar-refractivity contribution >= 4 is 6.09 Å². The van der Waals surface area contributed by atoms with E-state index >= 15 is 0 Å². The van der Waals surface area contributed by atoms with Crippen molar-refractivity contribution in [1.82, 2.24) is 10.2 Å². The van der Waals surface area contributed by atoms with E-state index in [9.17, 15) is 4.79 Å². The van der Waals surface area contributed by atoms with Gasteiger partial charge in [-0.1, -0.05) is 0 Å². The third kappa shape index (κ3) is 1.39. The van der Waals surface area contributed by atoms with Crippen LogP contribution in [0.1, 0.15) is 12.8 Å². The molecule has 0 unspecified atom stereocenters. The molecule has 0 aromatic carbocycles. The van der Waals surface area contributed by atoms with Crippen molar-refractivity contribution in [1.29, 1.82) is 0 Å². The summed E-state index contributed by atoms with van der Waals surface area (Å²) >= 11 is 0. The Morgan fingerprint density at radius 2 is 2.08 bits per heavy atom. The van der Waals surface area contributed by atoms with Gasteiger partial charge in [-0.15, -0.1) is 0 Å². The van der Waals surface area contributed by atoms with Crippen molar-refractivity contribution in [2.45, 2.75) is 18.9 Å². The second-order valence-electron chi connectivity index (χ2n) is 3.69. The number of nitrogens with zero attached hydrogens (tertiary/aromatic N) is 1. The van der Waals surface area contributed by atoms with E-state index in [0.29, 0.717) is 5.92 Å². The van der Waals surface area contributed by atoms with E-state index in [2.05, 4.69) is 10.2 Å². The zero-order valence-corrected chi connectivity index (χ0v) is 6.99. The van der Waals surface area contributed by atoms with Crippen molar-refractivity contribution in [3.63, 3.8) is 0 Å². The van der Waals surface area contributed by atoms with Crippen LogP contribution in [0.15, 0.2) is 0 Å². The van der Waals surface area contributed by atoms with Crippen molar-refractivity contribution < 1.29 is 9.90 Å². The molecule has 3 aliphatic rings. The van der Waals surface area contributed by atoms with Gasteiger partial charge in [0.05, 0.1) is 0 Å². The molecule has 4 heteroatoms. The maximum absolute atomic E-state index is 10.4. The summed E-state index contributed by atoms with van der Waals surface area (Å²) in [5.41, 5.74) is 0. The van der Waals surface area contributed by atoms with E-state index in [0.717, 1.165) is 32.5 Å². The maximum atomic E-state index is 10.4. The van der Waals surface area contributed by atoms with Gasteiger partial charge in [0.15, 0.2) is 0 Å². The molecule has 3 aliphatic heterocycles. The van der Waals surface area contributed by atoms with Gasteiger partial charge < -0.3 is 15.3 Å². The lowest BCUT2D eigenvalue weighted by atomic mass is 9.84. The first-order chi connectivity index (χ1) is 5.75. The molecular formula is C8H14N2O2. The quantitative estimate of drug-likeness (QED) is 0.597. The Balaban J connectivity index is 1.95. The fourth-order valence-corrected chi connectivity index (χ4v) is 2.29. The molecule has 68 valence electrons. The van der Waals surface area contributed by atoms with E-state index < -0.39 is 6.09 Å². The summed E-state index contributed by atoms with van der Waals surface area (Å²) < 4.78 is 0. The average molecular weight is 170 g/mol. The second-order valence-corrected chi connectivity index (χ2v) is 3.69. The van der Waals surface area contributed by atoms with Crippen LogP contribution in [-0.4, -0.2) is 41.8 Å². The summed E-state index contributed by atoms with van der Waals surface area (Å²) in [6, 6.07) is 0.185. The van der Waals surface area contributed by atoms with E-state index in [1.807, 2.05) is 0 Å². The minimum Gasteiger partial charge on any atom is -0.465 e. The predicted octanol–water partition coefficient (Wildman–Crippen LogP) is 0.348. The Morgan fingerprint density at radius 1 is 1.42 bits per heavy atom. The Kier molecular flexibility index (Phi) is 1.92. The lowest BCUT2D eigenvalue weighted by Gasteiger charge is -2.44. The lowest BCUT2D eigenvalue weighted by Crippen LogP contribution is -2.57. The first-order valence-electron chi connectivity index (χ1n) is 4.47. The Bertz CT molecular complexity index is 187. The second kappa shape index (κ2) is 2.94. The van der Waals surface area contributed by atoms with Crippen molar-refractivity contribution in [2.75, 3.05) is 19.6 Å². The molecule has 0 aromatic rings. The molecule has 2 bridgehead atoms. The van der Waals surface area contributed by atoms with Gasteiger partial charge in [0, 0.05) is 12.6 Å². The van der Waals surface area contributed by atoms with Crippen molar-refractivity contribution in [3.05, 3.63) is 0 Å². The minimum atomic E-state index is -0.881. The summed E-state index contributed by atoms with van der Waals surface area (Å²) in [5.74, 6) is 0.589. The highest BCUT2D eigenvalue weighted by molar-refractivity contribution is 5.65. The highest BCUT2D eigenvalue weighted by Crippen LogP contribution is 2.27. The SMILES string of the molecule is O=C(O)N[C@H]1CN2CCC1CC2. The van der Waals surface area contributed by atoms with Crippen molar-refractivity contribution in [2.24, 2.45) is 5.92 Å². The van der Waals surface area contributed by atoms with Gasteiger partial charge in [0.25, 0.3) is 0 Å². The van der Waals surface area contributed by atoms with Crippen LogP contribution in [0.25, 0.3) is 0 Å². The maximum Gasteiger partial charge on any atom is 0.404 e. The lowest BCUT2D eigenvalue weighted by molar-refractivity contribution is 0.0716. The molecule has 3 rings (SSSR count). The molecule has 0 saturated carbocycles. The van der Waals surface area contributed by atoms with Gasteiger partial charge in [-0.05, 0) is 31.8 Å². The fourth-order valence-electron chi connectivity index (χ4n) is 2.29. The van der Waals surface area contributed by atoms with E-state index in [4.69, 9.17) is 5.11 Å². The largest absolute Gasteiger partial charge is 0.465 e. The predicted molar refractivity (Wildman–Crippen MR) is 44.1 cm³/mol. The molecular weight excluding hydrogens is 156 g/mol. The van der Waals surface area contributed by atoms with Gasteiger partial charge >= 0.3 is 6.09 Å². The van der Waals surface area contributed by atoms with Gasteiger partial charge in [0.2, 0.25) is 0 Å². The Hall–Kier alpha value is -0.770. The molecule has 2 N–H and O–H groups in total. The van der Waals surface area contributed by atoms with Gasteiger partial charge in [-0.2, -0.15) is 0 Å². The van der Waals surface area contributed by atoms with Crippen LogP contribution in [0, 0.1) is 5.92 Å². The smallest absolute Gasteiger partial charge is 0.404 e. The molecule has 0 spiro atoms. The zero-order valence-electron chi connectivity index (χ0n) is 6.99. The average Bonchev–Trinajstić information content (AvgIpc) is 2.05. The van der Waals surface area contributed by atoms with Crippen LogP contribution in [0.4, 0.5) is 4.79 Å². The highest BCUT2D eigenvalue weighted by Gasteiger charge is 2.34. The van der Waals surface area contributed by atoms with Gasteiger partial charge in [-0.3, -0.25) is 0 Å². The van der Waals surface area contributed by atoms with Crippen LogP contribution in [0.2, 0.25) is 0 Å². The van der Waals surface area contributed by atoms with Crippen LogP contribution in [0.5, 0.6) is 0 Å². The summed E-state index contributed by atoms with van der Waals surface area (Å²) in [4.78, 5) is 12.7. The molecule has 3 fully saturated rings. The van der Waals surface area contributed by atoms with E-state index in [1.165, 1.54) is 0 Å². The standard InChI is InChI=1S/C8H14N2O2/c11-8(12)9-7-5-10-3-1-6(7)2-4-10/h6-7,9H,1-5H2,(H,11,12)/t7-/m0/s1. The molecule has 4 nitrogen and oxygen atoms in total. The van der Waals surface area contributed by atoms with E-state index in [-0.39, 0.29) is 6.04 Å². The minimum absolute atomic E-state index is 0.185. The zero-order chi connectivity index (χ0) is 8.55.